The lowest BCUT2D eigenvalue weighted by Gasteiger charge is -2.26. The molecule has 0 atom stereocenters. The third kappa shape index (κ3) is 4.87. The first-order chi connectivity index (χ1) is 15.8. The lowest BCUT2D eigenvalue weighted by atomic mass is 10.2. The van der Waals surface area contributed by atoms with Crippen molar-refractivity contribution in [3.63, 3.8) is 0 Å². The van der Waals surface area contributed by atoms with Gasteiger partial charge in [0.05, 0.1) is 18.9 Å². The van der Waals surface area contributed by atoms with E-state index in [0.717, 1.165) is 85.1 Å². The maximum Gasteiger partial charge on any atom is 0.168 e. The molecule has 1 aliphatic heterocycles. The standard InChI is InChI=1S/C24H28N6OS/c1-19-6-5-9-23-26-22(27-30(19)23)10-17-32-24-25-21(20-7-3-2-4-8-20)18-29(24)12-11-28-13-15-31-16-14-28/h2-9,18H,10-17H2,1H3. The molecular formula is C24H28N6OS. The monoisotopic (exact) mass is 448 g/mol. The zero-order valence-electron chi connectivity index (χ0n) is 18.4. The van der Waals surface area contributed by atoms with Crippen molar-refractivity contribution in [1.82, 2.24) is 29.0 Å². The largest absolute Gasteiger partial charge is 0.379 e. The molecule has 0 radical (unpaired) electrons. The van der Waals surface area contributed by atoms with Crippen LogP contribution in [0.1, 0.15) is 11.5 Å². The SMILES string of the molecule is Cc1cccc2nc(CCSc3nc(-c4ccccc4)cn3CCN3CCOCC3)nn12. The minimum atomic E-state index is 0.808. The Bertz CT molecular complexity index is 1170. The highest BCUT2D eigenvalue weighted by Gasteiger charge is 2.14. The molecule has 5 rings (SSSR count). The summed E-state index contributed by atoms with van der Waals surface area (Å²) in [6.07, 6.45) is 2.99. The van der Waals surface area contributed by atoms with Crippen LogP contribution in [0.15, 0.2) is 59.9 Å². The number of thioether (sulfide) groups is 1. The number of nitrogens with zero attached hydrogens (tertiary/aromatic N) is 6. The summed E-state index contributed by atoms with van der Waals surface area (Å²) in [6, 6.07) is 16.5. The highest BCUT2D eigenvalue weighted by molar-refractivity contribution is 7.99. The van der Waals surface area contributed by atoms with Crippen LogP contribution in [0.2, 0.25) is 0 Å². The normalized spacial score (nSPS) is 14.9. The topological polar surface area (TPSA) is 60.5 Å². The first-order valence-electron chi connectivity index (χ1n) is 11.1. The number of aryl methyl sites for hydroxylation is 2. The second-order valence-corrected chi connectivity index (χ2v) is 9.05. The van der Waals surface area contributed by atoms with Crippen LogP contribution in [-0.2, 0) is 17.7 Å². The summed E-state index contributed by atoms with van der Waals surface area (Å²) in [5.41, 5.74) is 4.18. The van der Waals surface area contributed by atoms with Crippen LogP contribution in [0.3, 0.4) is 0 Å². The van der Waals surface area contributed by atoms with Crippen molar-refractivity contribution in [2.45, 2.75) is 25.0 Å². The number of pyridine rings is 1. The van der Waals surface area contributed by atoms with Gasteiger partial charge in [-0.25, -0.2) is 14.5 Å². The van der Waals surface area contributed by atoms with Crippen LogP contribution in [0.5, 0.6) is 0 Å². The van der Waals surface area contributed by atoms with E-state index in [1.54, 1.807) is 11.8 Å². The predicted molar refractivity (Wildman–Crippen MR) is 127 cm³/mol. The summed E-state index contributed by atoms with van der Waals surface area (Å²) in [5, 5.41) is 5.72. The molecule has 0 unspecified atom stereocenters. The van der Waals surface area contributed by atoms with Gasteiger partial charge >= 0.3 is 0 Å². The fourth-order valence-electron chi connectivity index (χ4n) is 3.92. The van der Waals surface area contributed by atoms with Crippen molar-refractivity contribution in [3.05, 3.63) is 66.2 Å². The first kappa shape index (κ1) is 21.2. The molecule has 1 saturated heterocycles. The smallest absolute Gasteiger partial charge is 0.168 e. The van der Waals surface area contributed by atoms with Gasteiger partial charge in [0, 0.05) is 55.8 Å². The van der Waals surface area contributed by atoms with E-state index >= 15 is 0 Å². The molecule has 0 saturated carbocycles. The average Bonchev–Trinajstić information content (AvgIpc) is 3.44. The van der Waals surface area contributed by atoms with Gasteiger partial charge in [0.1, 0.15) is 0 Å². The molecule has 1 fully saturated rings. The molecule has 4 aromatic rings. The van der Waals surface area contributed by atoms with Crippen molar-refractivity contribution < 1.29 is 4.74 Å². The summed E-state index contributed by atoms with van der Waals surface area (Å²) in [6.45, 7) is 7.64. The maximum absolute atomic E-state index is 5.48. The number of fused-ring (bicyclic) bond motifs is 1. The molecule has 0 N–H and O–H groups in total. The molecule has 0 bridgehead atoms. The van der Waals surface area contributed by atoms with E-state index in [1.807, 2.05) is 22.7 Å². The van der Waals surface area contributed by atoms with Crippen LogP contribution in [0.25, 0.3) is 16.9 Å². The molecule has 7 nitrogen and oxygen atoms in total. The van der Waals surface area contributed by atoms with E-state index in [1.165, 1.54) is 0 Å². The molecule has 8 heteroatoms. The summed E-state index contributed by atoms with van der Waals surface area (Å²) in [4.78, 5) is 12.1. The summed E-state index contributed by atoms with van der Waals surface area (Å²) in [5.74, 6) is 1.76. The van der Waals surface area contributed by atoms with E-state index in [4.69, 9.17) is 9.72 Å². The van der Waals surface area contributed by atoms with Crippen molar-refractivity contribution >= 4 is 17.4 Å². The van der Waals surface area contributed by atoms with Gasteiger partial charge < -0.3 is 9.30 Å². The Morgan fingerprint density at radius 3 is 2.62 bits per heavy atom. The van der Waals surface area contributed by atoms with E-state index in [9.17, 15) is 0 Å². The number of morpholine rings is 1. The second-order valence-electron chi connectivity index (χ2n) is 7.99. The van der Waals surface area contributed by atoms with E-state index in [2.05, 4.69) is 63.0 Å². The van der Waals surface area contributed by atoms with Crippen LogP contribution in [0.4, 0.5) is 0 Å². The van der Waals surface area contributed by atoms with Crippen LogP contribution < -0.4 is 0 Å². The molecular weight excluding hydrogens is 420 g/mol. The fraction of sp³-hybridized carbons (Fsp3) is 0.375. The number of hydrogen-bond donors (Lipinski definition) is 0. The summed E-state index contributed by atoms with van der Waals surface area (Å²) < 4.78 is 9.69. The number of hydrogen-bond acceptors (Lipinski definition) is 6. The minimum Gasteiger partial charge on any atom is -0.379 e. The Labute approximate surface area is 192 Å². The van der Waals surface area contributed by atoms with Gasteiger partial charge in [-0.05, 0) is 19.1 Å². The van der Waals surface area contributed by atoms with Gasteiger partial charge in [-0.15, -0.1) is 0 Å². The Morgan fingerprint density at radius 2 is 1.81 bits per heavy atom. The fourth-order valence-corrected chi connectivity index (χ4v) is 4.86. The van der Waals surface area contributed by atoms with Gasteiger partial charge in [-0.1, -0.05) is 48.2 Å². The van der Waals surface area contributed by atoms with Crippen LogP contribution in [0, 0.1) is 6.92 Å². The Kier molecular flexibility index (Phi) is 6.52. The van der Waals surface area contributed by atoms with E-state index < -0.39 is 0 Å². The van der Waals surface area contributed by atoms with Gasteiger partial charge in [0.2, 0.25) is 0 Å². The molecule has 32 heavy (non-hydrogen) atoms. The molecule has 0 amide bonds. The Balaban J connectivity index is 1.29. The third-order valence-corrected chi connectivity index (χ3v) is 6.71. The van der Waals surface area contributed by atoms with E-state index in [-0.39, 0.29) is 0 Å². The van der Waals surface area contributed by atoms with Crippen LogP contribution in [-0.4, -0.2) is 67.6 Å². The Morgan fingerprint density at radius 1 is 0.969 bits per heavy atom. The summed E-state index contributed by atoms with van der Waals surface area (Å²) >= 11 is 1.78. The number of ether oxygens (including phenoxy) is 1. The van der Waals surface area contributed by atoms with Crippen molar-refractivity contribution in [2.75, 3.05) is 38.6 Å². The van der Waals surface area contributed by atoms with E-state index in [0.29, 0.717) is 0 Å². The highest BCUT2D eigenvalue weighted by Crippen LogP contribution is 2.25. The van der Waals surface area contributed by atoms with Gasteiger partial charge in [-0.3, -0.25) is 4.90 Å². The van der Waals surface area contributed by atoms with Crippen LogP contribution >= 0.6 is 11.8 Å². The molecule has 1 aliphatic rings. The minimum absolute atomic E-state index is 0.808. The number of aromatic nitrogens is 5. The lowest BCUT2D eigenvalue weighted by molar-refractivity contribution is 0.0361. The van der Waals surface area contributed by atoms with Crippen molar-refractivity contribution in [1.29, 1.82) is 0 Å². The second kappa shape index (κ2) is 9.85. The number of rotatable bonds is 8. The van der Waals surface area contributed by atoms with Gasteiger partial charge in [0.15, 0.2) is 16.6 Å². The zero-order valence-corrected chi connectivity index (χ0v) is 19.2. The van der Waals surface area contributed by atoms with Crippen molar-refractivity contribution in [3.8, 4) is 11.3 Å². The zero-order chi connectivity index (χ0) is 21.8. The predicted octanol–water partition coefficient (Wildman–Crippen LogP) is 3.57. The quantitative estimate of drug-likeness (QED) is 0.384. The molecule has 0 aliphatic carbocycles. The van der Waals surface area contributed by atoms with Gasteiger partial charge in [-0.2, -0.15) is 5.10 Å². The Hall–Kier alpha value is -2.68. The third-order valence-electron chi connectivity index (χ3n) is 5.72. The van der Waals surface area contributed by atoms with Gasteiger partial charge in [0.25, 0.3) is 0 Å². The highest BCUT2D eigenvalue weighted by atomic mass is 32.2. The number of benzene rings is 1. The van der Waals surface area contributed by atoms with Crippen molar-refractivity contribution in [2.24, 2.45) is 0 Å². The lowest BCUT2D eigenvalue weighted by Crippen LogP contribution is -2.38. The molecule has 3 aromatic heterocycles. The average molecular weight is 449 g/mol. The number of imidazole rings is 1. The first-order valence-corrected chi connectivity index (χ1v) is 12.1. The summed E-state index contributed by atoms with van der Waals surface area (Å²) in [7, 11) is 0. The molecule has 4 heterocycles. The molecule has 166 valence electrons. The maximum atomic E-state index is 5.48. The molecule has 0 spiro atoms. The molecule has 1 aromatic carbocycles.